The molecular weight excluding hydrogens is 311 g/mol. The molecule has 0 bridgehead atoms. The first-order valence-electron chi connectivity index (χ1n) is 4.27. The molecule has 0 N–H and O–H groups in total. The zero-order valence-corrected chi connectivity index (χ0v) is 11.0. The number of alkyl halides is 1. The van der Waals surface area contributed by atoms with E-state index in [4.69, 9.17) is 0 Å². The quantitative estimate of drug-likeness (QED) is 0.570. The van der Waals surface area contributed by atoms with Crippen LogP contribution in [0.2, 0.25) is 0 Å². The van der Waals surface area contributed by atoms with Crippen molar-refractivity contribution < 1.29 is 0 Å². The highest BCUT2D eigenvalue weighted by molar-refractivity contribution is 14.1. The van der Waals surface area contributed by atoms with Crippen molar-refractivity contribution in [2.75, 3.05) is 17.3 Å². The predicted molar refractivity (Wildman–Crippen MR) is 71.9 cm³/mol. The van der Waals surface area contributed by atoms with Gasteiger partial charge < -0.3 is 0 Å². The van der Waals surface area contributed by atoms with Gasteiger partial charge in [-0.2, -0.15) is 11.8 Å². The van der Waals surface area contributed by atoms with E-state index >= 15 is 0 Å². The summed E-state index contributed by atoms with van der Waals surface area (Å²) >= 11 is 6.75. The lowest BCUT2D eigenvalue weighted by Crippen LogP contribution is -2.21. The molecule has 1 fully saturated rings. The van der Waals surface area contributed by atoms with Gasteiger partial charge in [0, 0.05) is 17.3 Å². The summed E-state index contributed by atoms with van der Waals surface area (Å²) in [5.74, 6) is 3.83. The Morgan fingerprint density at radius 1 is 1.15 bits per heavy atom. The summed E-state index contributed by atoms with van der Waals surface area (Å²) in [6, 6.07) is 10.8. The molecule has 0 aliphatic carbocycles. The lowest BCUT2D eigenvalue weighted by atomic mass is 10.2. The number of hydrogen-bond acceptors (Lipinski definition) is 2. The van der Waals surface area contributed by atoms with Gasteiger partial charge in [-0.1, -0.05) is 52.9 Å². The molecule has 2 rings (SSSR count). The van der Waals surface area contributed by atoms with E-state index in [1.807, 2.05) is 0 Å². The number of hydrogen-bond donors (Lipinski definition) is 0. The van der Waals surface area contributed by atoms with Crippen LogP contribution >= 0.6 is 46.1 Å². The van der Waals surface area contributed by atoms with E-state index in [1.54, 1.807) is 0 Å². The molecule has 13 heavy (non-hydrogen) atoms. The summed E-state index contributed by atoms with van der Waals surface area (Å²) in [7, 11) is 0. The van der Waals surface area contributed by atoms with Gasteiger partial charge in [0.1, 0.15) is 2.75 Å². The molecule has 1 aromatic rings. The molecule has 1 aromatic carbocycles. The Kier molecular flexibility index (Phi) is 3.48. The summed E-state index contributed by atoms with van der Waals surface area (Å²) in [5.41, 5.74) is 1.47. The molecule has 1 heterocycles. The Labute approximate surface area is 101 Å². The molecule has 0 amide bonds. The Bertz CT molecular complexity index is 268. The Morgan fingerprint density at radius 2 is 1.92 bits per heavy atom. The Hall–Kier alpha value is 0.650. The van der Waals surface area contributed by atoms with Crippen LogP contribution in [0, 0.1) is 0 Å². The Morgan fingerprint density at radius 3 is 2.54 bits per heavy atom. The number of thioether (sulfide) groups is 2. The molecule has 0 aromatic heterocycles. The maximum Gasteiger partial charge on any atom is 0.101 e. The van der Waals surface area contributed by atoms with Crippen LogP contribution in [0.4, 0.5) is 0 Å². The van der Waals surface area contributed by atoms with Crippen LogP contribution < -0.4 is 0 Å². The highest BCUT2D eigenvalue weighted by atomic mass is 127. The molecule has 3 heteroatoms. The molecule has 0 nitrogen and oxygen atoms in total. The van der Waals surface area contributed by atoms with Crippen molar-refractivity contribution >= 4 is 46.1 Å². The minimum absolute atomic E-state index is 0.321. The van der Waals surface area contributed by atoms with Crippen LogP contribution in [0.25, 0.3) is 0 Å². The zero-order valence-electron chi connectivity index (χ0n) is 7.20. The van der Waals surface area contributed by atoms with Gasteiger partial charge in [0.05, 0.1) is 0 Å². The van der Waals surface area contributed by atoms with E-state index < -0.39 is 0 Å². The molecule has 1 aliphatic heterocycles. The highest BCUT2D eigenvalue weighted by Crippen LogP contribution is 2.48. The zero-order chi connectivity index (χ0) is 9.15. The van der Waals surface area contributed by atoms with E-state index in [0.717, 1.165) is 0 Å². The van der Waals surface area contributed by atoms with Crippen molar-refractivity contribution in [3.05, 3.63) is 35.9 Å². The first-order valence-corrected chi connectivity index (χ1v) is 7.49. The van der Waals surface area contributed by atoms with E-state index in [2.05, 4.69) is 76.4 Å². The molecule has 0 saturated carbocycles. The van der Waals surface area contributed by atoms with Gasteiger partial charge in [-0.05, 0) is 5.56 Å². The normalized spacial score (nSPS) is 28.7. The molecular formula is C10H11IS2. The number of rotatable bonds is 1. The first kappa shape index (κ1) is 10.2. The fraction of sp³-hybridized carbons (Fsp3) is 0.400. The summed E-state index contributed by atoms with van der Waals surface area (Å²) < 4.78 is 0.321. The van der Waals surface area contributed by atoms with Crippen molar-refractivity contribution in [3.63, 3.8) is 0 Å². The lowest BCUT2D eigenvalue weighted by Gasteiger charge is -2.31. The molecule has 1 aliphatic rings. The number of benzene rings is 1. The van der Waals surface area contributed by atoms with E-state index in [-0.39, 0.29) is 0 Å². The van der Waals surface area contributed by atoms with Crippen molar-refractivity contribution in [3.8, 4) is 0 Å². The molecule has 0 radical (unpaired) electrons. The van der Waals surface area contributed by atoms with Gasteiger partial charge >= 0.3 is 0 Å². The topological polar surface area (TPSA) is 0 Å². The minimum atomic E-state index is 0.321. The van der Waals surface area contributed by atoms with E-state index in [1.165, 1.54) is 22.8 Å². The van der Waals surface area contributed by atoms with E-state index in [0.29, 0.717) is 2.75 Å². The maximum absolute atomic E-state index is 2.60. The Balaban J connectivity index is 2.23. The van der Waals surface area contributed by atoms with Crippen molar-refractivity contribution in [2.45, 2.75) is 2.75 Å². The SMILES string of the molecule is IC1(c2ccccc2)CSCCS1. The van der Waals surface area contributed by atoms with Crippen molar-refractivity contribution in [1.29, 1.82) is 0 Å². The third kappa shape index (κ3) is 2.36. The second kappa shape index (κ2) is 4.45. The summed E-state index contributed by atoms with van der Waals surface area (Å²) in [5, 5.41) is 0. The monoisotopic (exact) mass is 322 g/mol. The summed E-state index contributed by atoms with van der Waals surface area (Å²) in [6.45, 7) is 0. The van der Waals surface area contributed by atoms with Crippen molar-refractivity contribution in [2.24, 2.45) is 0 Å². The predicted octanol–water partition coefficient (Wildman–Crippen LogP) is 3.75. The second-order valence-electron chi connectivity index (χ2n) is 3.00. The molecule has 1 unspecified atom stereocenters. The standard InChI is InChI=1S/C10H11IS2/c11-10(8-12-6-7-13-10)9-4-2-1-3-5-9/h1-5H,6-8H2. The third-order valence-electron chi connectivity index (χ3n) is 2.05. The smallest absolute Gasteiger partial charge is 0.101 e. The average molecular weight is 322 g/mol. The van der Waals surface area contributed by atoms with Gasteiger partial charge in [-0.3, -0.25) is 0 Å². The van der Waals surface area contributed by atoms with Crippen LogP contribution in [-0.2, 0) is 2.75 Å². The maximum atomic E-state index is 2.60. The molecule has 1 atom stereocenters. The van der Waals surface area contributed by atoms with Crippen LogP contribution in [0.1, 0.15) is 5.56 Å². The van der Waals surface area contributed by atoms with Gasteiger partial charge in [-0.15, -0.1) is 11.8 Å². The molecule has 0 spiro atoms. The summed E-state index contributed by atoms with van der Waals surface area (Å²) in [4.78, 5) is 0. The van der Waals surface area contributed by atoms with Crippen LogP contribution in [0.15, 0.2) is 30.3 Å². The van der Waals surface area contributed by atoms with Crippen LogP contribution in [-0.4, -0.2) is 17.3 Å². The van der Waals surface area contributed by atoms with Crippen LogP contribution in [0.3, 0.4) is 0 Å². The largest absolute Gasteiger partial charge is 0.159 e. The van der Waals surface area contributed by atoms with Gasteiger partial charge in [0.15, 0.2) is 0 Å². The van der Waals surface area contributed by atoms with Gasteiger partial charge in [-0.25, -0.2) is 0 Å². The van der Waals surface area contributed by atoms with Gasteiger partial charge in [0.25, 0.3) is 0 Å². The summed E-state index contributed by atoms with van der Waals surface area (Å²) in [6.07, 6.45) is 0. The fourth-order valence-electron chi connectivity index (χ4n) is 1.36. The molecule has 70 valence electrons. The molecule has 1 saturated heterocycles. The van der Waals surface area contributed by atoms with Crippen LogP contribution in [0.5, 0.6) is 0 Å². The number of halogens is 1. The van der Waals surface area contributed by atoms with E-state index in [9.17, 15) is 0 Å². The fourth-order valence-corrected chi connectivity index (χ4v) is 5.63. The first-order chi connectivity index (χ1) is 6.31. The van der Waals surface area contributed by atoms with Gasteiger partial charge in [0.2, 0.25) is 0 Å². The average Bonchev–Trinajstić information content (AvgIpc) is 2.20. The third-order valence-corrected chi connectivity index (χ3v) is 7.32. The lowest BCUT2D eigenvalue weighted by molar-refractivity contribution is 1.06. The second-order valence-corrected chi connectivity index (χ2v) is 8.07. The highest BCUT2D eigenvalue weighted by Gasteiger charge is 2.31. The minimum Gasteiger partial charge on any atom is -0.159 e. The van der Waals surface area contributed by atoms with Crippen molar-refractivity contribution in [1.82, 2.24) is 0 Å².